The smallest absolute Gasteiger partial charge is 0.411 e. The van der Waals surface area contributed by atoms with Crippen LogP contribution in [0.25, 0.3) is 0 Å². The Morgan fingerprint density at radius 1 is 0.977 bits per heavy atom. The molecule has 2 aromatic carbocycles. The average Bonchev–Trinajstić information content (AvgIpc) is 3.43. The van der Waals surface area contributed by atoms with Crippen LogP contribution in [0, 0.1) is 17.8 Å². The number of benzene rings is 2. The molecule has 4 aliphatic carbocycles. The number of aliphatic carboxylic acids is 1. The number of rotatable bonds is 8. The summed E-state index contributed by atoms with van der Waals surface area (Å²) in [4.78, 5) is 52.9. The van der Waals surface area contributed by atoms with Crippen molar-refractivity contribution >= 4 is 64.5 Å². The number of thioether (sulfide) groups is 1. The molecule has 1 heterocycles. The molecule has 4 bridgehead atoms. The molecule has 2 aromatic rings. The molecule has 0 unspecified atom stereocenters. The Morgan fingerprint density at radius 3 is 2.16 bits per heavy atom. The average molecular weight is 647 g/mol. The predicted molar refractivity (Wildman–Crippen MR) is 164 cm³/mol. The summed E-state index contributed by atoms with van der Waals surface area (Å²) in [5, 5.41) is 15.7. The van der Waals surface area contributed by atoms with Gasteiger partial charge in [0.2, 0.25) is 5.91 Å². The van der Waals surface area contributed by atoms with Crippen LogP contribution in [0.15, 0.2) is 42.5 Å². The molecule has 5 aliphatic rings. The van der Waals surface area contributed by atoms with Crippen molar-refractivity contribution < 1.29 is 29.0 Å². The van der Waals surface area contributed by atoms with E-state index in [1.165, 1.54) is 35.9 Å². The van der Waals surface area contributed by atoms with E-state index in [4.69, 9.17) is 27.9 Å². The minimum Gasteiger partial charge on any atom is -0.480 e. The second kappa shape index (κ2) is 12.2. The summed E-state index contributed by atoms with van der Waals surface area (Å²) in [6, 6.07) is 9.39. The van der Waals surface area contributed by atoms with Crippen LogP contribution in [0.3, 0.4) is 0 Å². The SMILES string of the molecule is O=C(Nc1ccc(C[C@H](NC(=O)[C@H]2CSCN2C(=O)OC23CC4CC(CC(C4)C2)C3)C(=O)O)cc1)c1c(Cl)cccc1Cl. The molecule has 7 rings (SSSR count). The van der Waals surface area contributed by atoms with Gasteiger partial charge in [-0.3, -0.25) is 14.5 Å². The van der Waals surface area contributed by atoms with E-state index in [1.807, 2.05) is 0 Å². The standard InChI is InChI=1S/C31H33Cl2N3O6S/c32-22-2-1-3-23(33)26(22)28(38)34-21-6-4-17(5-7-21)11-24(29(39)40)35-27(37)25-15-43-16-36(25)30(41)42-31-12-18-8-19(13-31)10-20(9-18)14-31/h1-7,18-20,24-25H,8-16H2,(H,34,38)(H,35,37)(H,39,40)/t18?,19?,20?,24-,25+,31?/m0/s1. The minimum atomic E-state index is -1.21. The number of anilines is 1. The second-order valence-corrected chi connectivity index (χ2v) is 14.1. The van der Waals surface area contributed by atoms with Crippen LogP contribution in [-0.4, -0.2) is 63.2 Å². The molecular formula is C31H33Cl2N3O6S. The van der Waals surface area contributed by atoms with Crippen LogP contribution in [-0.2, 0) is 20.7 Å². The maximum absolute atomic E-state index is 13.3. The van der Waals surface area contributed by atoms with Gasteiger partial charge >= 0.3 is 12.1 Å². The van der Waals surface area contributed by atoms with Gasteiger partial charge in [-0.05, 0) is 86.1 Å². The van der Waals surface area contributed by atoms with E-state index < -0.39 is 41.6 Å². The number of hydrogen-bond donors (Lipinski definition) is 3. The third-order valence-corrected chi connectivity index (χ3v) is 10.8. The van der Waals surface area contributed by atoms with Crippen LogP contribution < -0.4 is 10.6 Å². The minimum absolute atomic E-state index is 0.0171. The van der Waals surface area contributed by atoms with E-state index in [0.29, 0.717) is 40.6 Å². The predicted octanol–water partition coefficient (Wildman–Crippen LogP) is 5.84. The Labute approximate surface area is 264 Å². The Kier molecular flexibility index (Phi) is 8.54. The Balaban J connectivity index is 1.06. The van der Waals surface area contributed by atoms with Gasteiger partial charge in [0.25, 0.3) is 5.91 Å². The van der Waals surface area contributed by atoms with Crippen molar-refractivity contribution in [3.05, 3.63) is 63.6 Å². The van der Waals surface area contributed by atoms with Crippen molar-refractivity contribution in [1.82, 2.24) is 10.2 Å². The van der Waals surface area contributed by atoms with Gasteiger partial charge in [-0.15, -0.1) is 11.8 Å². The van der Waals surface area contributed by atoms with E-state index >= 15 is 0 Å². The molecule has 3 amide bonds. The quantitative estimate of drug-likeness (QED) is 0.329. The molecule has 43 heavy (non-hydrogen) atoms. The number of halogens is 2. The molecule has 1 aliphatic heterocycles. The van der Waals surface area contributed by atoms with Crippen LogP contribution >= 0.6 is 35.0 Å². The number of nitrogens with one attached hydrogen (secondary N) is 2. The fourth-order valence-electron chi connectivity index (χ4n) is 7.58. The van der Waals surface area contributed by atoms with Crippen molar-refractivity contribution in [2.75, 3.05) is 16.9 Å². The molecule has 0 aromatic heterocycles. The van der Waals surface area contributed by atoms with E-state index in [0.717, 1.165) is 19.3 Å². The zero-order valence-corrected chi connectivity index (χ0v) is 25.7. The second-order valence-electron chi connectivity index (χ2n) is 12.3. The lowest BCUT2D eigenvalue weighted by molar-refractivity contribution is -0.143. The highest BCUT2D eigenvalue weighted by atomic mass is 35.5. The number of carboxylic acids is 1. The third-order valence-electron chi connectivity index (χ3n) is 9.16. The van der Waals surface area contributed by atoms with Crippen molar-refractivity contribution in [3.8, 4) is 0 Å². The number of carbonyl (C=O) groups is 4. The Morgan fingerprint density at radius 2 is 1.58 bits per heavy atom. The number of amides is 3. The monoisotopic (exact) mass is 645 g/mol. The first kappa shape index (κ1) is 30.1. The van der Waals surface area contributed by atoms with Gasteiger partial charge in [0, 0.05) is 17.9 Å². The van der Waals surface area contributed by atoms with E-state index in [1.54, 1.807) is 42.5 Å². The fraction of sp³-hybridized carbons (Fsp3) is 0.484. The first-order chi connectivity index (χ1) is 20.6. The Hall–Kier alpha value is -2.95. The zero-order valence-electron chi connectivity index (χ0n) is 23.4. The number of hydrogen-bond acceptors (Lipinski definition) is 6. The van der Waals surface area contributed by atoms with Crippen LogP contribution in [0.2, 0.25) is 10.0 Å². The maximum Gasteiger partial charge on any atom is 0.411 e. The molecule has 12 heteroatoms. The van der Waals surface area contributed by atoms with Gasteiger partial charge in [-0.25, -0.2) is 9.59 Å². The lowest BCUT2D eigenvalue weighted by atomic mass is 9.54. The third kappa shape index (κ3) is 6.47. The van der Waals surface area contributed by atoms with E-state index in [9.17, 15) is 24.3 Å². The first-order valence-electron chi connectivity index (χ1n) is 14.5. The molecule has 1 saturated heterocycles. The van der Waals surface area contributed by atoms with Gasteiger partial charge in [0.15, 0.2) is 0 Å². The highest BCUT2D eigenvalue weighted by Crippen LogP contribution is 2.57. The van der Waals surface area contributed by atoms with E-state index in [-0.39, 0.29) is 22.0 Å². The molecule has 5 fully saturated rings. The van der Waals surface area contributed by atoms with Crippen LogP contribution in [0.1, 0.15) is 54.4 Å². The first-order valence-corrected chi connectivity index (χ1v) is 16.4. The number of carboxylic acid groups (broad SMARTS) is 1. The molecule has 3 N–H and O–H groups in total. The summed E-state index contributed by atoms with van der Waals surface area (Å²) in [6.45, 7) is 0. The topological polar surface area (TPSA) is 125 Å². The normalized spacial score (nSPS) is 27.9. The van der Waals surface area contributed by atoms with Crippen LogP contribution in [0.4, 0.5) is 10.5 Å². The number of ether oxygens (including phenoxy) is 1. The Bertz CT molecular complexity index is 1380. The van der Waals surface area contributed by atoms with Gasteiger partial charge in [-0.1, -0.05) is 41.4 Å². The van der Waals surface area contributed by atoms with Gasteiger partial charge in [-0.2, -0.15) is 0 Å². The summed E-state index contributed by atoms with van der Waals surface area (Å²) in [6.07, 6.45) is 5.93. The molecule has 0 spiro atoms. The van der Waals surface area contributed by atoms with Crippen molar-refractivity contribution in [2.45, 2.75) is 62.6 Å². The molecule has 2 atom stereocenters. The lowest BCUT2D eigenvalue weighted by Gasteiger charge is -2.55. The fourth-order valence-corrected chi connectivity index (χ4v) is 9.29. The van der Waals surface area contributed by atoms with Gasteiger partial charge in [0.1, 0.15) is 17.7 Å². The molecule has 9 nitrogen and oxygen atoms in total. The maximum atomic E-state index is 13.3. The zero-order chi connectivity index (χ0) is 30.3. The lowest BCUT2D eigenvalue weighted by Crippen LogP contribution is -2.56. The molecule has 4 saturated carbocycles. The van der Waals surface area contributed by atoms with Crippen molar-refractivity contribution in [1.29, 1.82) is 0 Å². The summed E-state index contributed by atoms with van der Waals surface area (Å²) in [5.74, 6) is 0.384. The van der Waals surface area contributed by atoms with Crippen LogP contribution in [0.5, 0.6) is 0 Å². The highest BCUT2D eigenvalue weighted by molar-refractivity contribution is 7.99. The summed E-state index contributed by atoms with van der Waals surface area (Å²) in [7, 11) is 0. The van der Waals surface area contributed by atoms with Gasteiger partial charge < -0.3 is 20.5 Å². The van der Waals surface area contributed by atoms with Crippen molar-refractivity contribution in [3.63, 3.8) is 0 Å². The van der Waals surface area contributed by atoms with E-state index in [2.05, 4.69) is 10.6 Å². The molecular weight excluding hydrogens is 613 g/mol. The summed E-state index contributed by atoms with van der Waals surface area (Å²) in [5.41, 5.74) is 0.844. The molecule has 0 radical (unpaired) electrons. The molecule has 228 valence electrons. The largest absolute Gasteiger partial charge is 0.480 e. The number of nitrogens with zero attached hydrogens (tertiary/aromatic N) is 1. The summed E-state index contributed by atoms with van der Waals surface area (Å²) >= 11 is 13.7. The van der Waals surface area contributed by atoms with Gasteiger partial charge in [0.05, 0.1) is 21.5 Å². The number of carbonyl (C=O) groups excluding carboxylic acids is 3. The van der Waals surface area contributed by atoms with Crippen molar-refractivity contribution in [2.24, 2.45) is 17.8 Å². The highest BCUT2D eigenvalue weighted by Gasteiger charge is 2.54. The summed E-state index contributed by atoms with van der Waals surface area (Å²) < 4.78 is 6.18.